The number of aryl methyl sites for hydroxylation is 2. The zero-order valence-corrected chi connectivity index (χ0v) is 19.4. The first-order valence-corrected chi connectivity index (χ1v) is 10.4. The fraction of sp³-hybridized carbons (Fsp3) is 0.269. The number of allylic oxidation sites excluding steroid dienone is 2. The van der Waals surface area contributed by atoms with Gasteiger partial charge in [-0.2, -0.15) is 5.26 Å². The minimum absolute atomic E-state index is 0.665. The van der Waals surface area contributed by atoms with Gasteiger partial charge in [0.15, 0.2) is 0 Å². The molecule has 3 rings (SSSR count). The van der Waals surface area contributed by atoms with Crippen molar-refractivity contribution in [2.24, 2.45) is 10.7 Å². The molecular formula is C26H28N6. The van der Waals surface area contributed by atoms with Crippen LogP contribution in [-0.4, -0.2) is 28.2 Å². The van der Waals surface area contributed by atoms with Crippen molar-refractivity contribution in [1.82, 2.24) is 15.0 Å². The monoisotopic (exact) mass is 424 g/mol. The average molecular weight is 425 g/mol. The van der Waals surface area contributed by atoms with Gasteiger partial charge in [-0.05, 0) is 70.0 Å². The van der Waals surface area contributed by atoms with Crippen LogP contribution in [0.15, 0.2) is 53.5 Å². The molecule has 3 heterocycles. The van der Waals surface area contributed by atoms with E-state index in [1.54, 1.807) is 19.5 Å². The van der Waals surface area contributed by atoms with Gasteiger partial charge in [-0.3, -0.25) is 19.9 Å². The molecule has 0 aliphatic carbocycles. The Hall–Kier alpha value is -3.85. The van der Waals surface area contributed by atoms with E-state index in [1.165, 1.54) is 0 Å². The second-order valence-corrected chi connectivity index (χ2v) is 8.40. The zero-order chi connectivity index (χ0) is 23.5. The summed E-state index contributed by atoms with van der Waals surface area (Å²) < 4.78 is 0. The van der Waals surface area contributed by atoms with Crippen molar-refractivity contribution < 1.29 is 0 Å². The van der Waals surface area contributed by atoms with Gasteiger partial charge in [0.05, 0.1) is 22.9 Å². The Kier molecular flexibility index (Phi) is 6.50. The highest BCUT2D eigenvalue weighted by Gasteiger charge is 2.22. The molecule has 0 saturated carbocycles. The summed E-state index contributed by atoms with van der Waals surface area (Å²) in [5.41, 5.74) is 14.3. The number of aliphatic imine (C=N–C) groups is 1. The predicted molar refractivity (Wildman–Crippen MR) is 130 cm³/mol. The van der Waals surface area contributed by atoms with Gasteiger partial charge in [0, 0.05) is 65.5 Å². The summed E-state index contributed by atoms with van der Waals surface area (Å²) in [7, 11) is 1.72. The van der Waals surface area contributed by atoms with Gasteiger partial charge >= 0.3 is 0 Å². The smallest absolute Gasteiger partial charge is 0.0937 e. The normalized spacial score (nSPS) is 12.5. The second kappa shape index (κ2) is 9.11. The van der Waals surface area contributed by atoms with Crippen LogP contribution in [0.25, 0.3) is 27.8 Å². The molecule has 0 bridgehead atoms. The molecule has 3 aromatic heterocycles. The van der Waals surface area contributed by atoms with Crippen LogP contribution in [0.2, 0.25) is 0 Å². The molecular weight excluding hydrogens is 396 g/mol. The third kappa shape index (κ3) is 4.57. The lowest BCUT2D eigenvalue weighted by Crippen LogP contribution is -2.15. The summed E-state index contributed by atoms with van der Waals surface area (Å²) >= 11 is 0. The number of hydrogen-bond acceptors (Lipinski definition) is 6. The maximum absolute atomic E-state index is 9.46. The van der Waals surface area contributed by atoms with Crippen LogP contribution in [0, 0.1) is 25.2 Å². The molecule has 0 fully saturated rings. The number of nitrogens with zero attached hydrogens (tertiary/aromatic N) is 5. The van der Waals surface area contributed by atoms with E-state index in [9.17, 15) is 5.26 Å². The maximum atomic E-state index is 9.46. The van der Waals surface area contributed by atoms with Gasteiger partial charge in [0.2, 0.25) is 0 Å². The molecule has 0 spiro atoms. The Morgan fingerprint density at radius 2 is 1.78 bits per heavy atom. The van der Waals surface area contributed by atoms with Crippen LogP contribution in [0.3, 0.4) is 0 Å². The SMILES string of the molecule is CN=CC(=C(C)N)c1ncc(-c2cc(-c3ccnc(C(C)(C)C#N)c3)cnc2C)cc1C. The van der Waals surface area contributed by atoms with Crippen LogP contribution >= 0.6 is 0 Å². The summed E-state index contributed by atoms with van der Waals surface area (Å²) in [5.74, 6) is 0. The van der Waals surface area contributed by atoms with E-state index in [0.29, 0.717) is 5.70 Å². The molecule has 0 aromatic carbocycles. The van der Waals surface area contributed by atoms with Gasteiger partial charge in [0.1, 0.15) is 0 Å². The van der Waals surface area contributed by atoms with Gasteiger partial charge in [-0.25, -0.2) is 0 Å². The topological polar surface area (TPSA) is 101 Å². The Labute approximate surface area is 189 Å². The number of pyridine rings is 3. The fourth-order valence-corrected chi connectivity index (χ4v) is 3.48. The van der Waals surface area contributed by atoms with Crippen LogP contribution in [0.5, 0.6) is 0 Å². The van der Waals surface area contributed by atoms with E-state index in [2.05, 4.69) is 33.2 Å². The van der Waals surface area contributed by atoms with Crippen molar-refractivity contribution in [2.75, 3.05) is 7.05 Å². The Bertz CT molecular complexity index is 1260. The lowest BCUT2D eigenvalue weighted by atomic mass is 9.89. The zero-order valence-electron chi connectivity index (χ0n) is 19.4. The van der Waals surface area contributed by atoms with E-state index in [4.69, 9.17) is 10.7 Å². The van der Waals surface area contributed by atoms with Gasteiger partial charge < -0.3 is 5.73 Å². The molecule has 0 aliphatic rings. The Morgan fingerprint density at radius 3 is 2.41 bits per heavy atom. The first-order chi connectivity index (χ1) is 15.2. The van der Waals surface area contributed by atoms with E-state index in [0.717, 1.165) is 50.5 Å². The van der Waals surface area contributed by atoms with Crippen LogP contribution < -0.4 is 5.73 Å². The molecule has 0 atom stereocenters. The number of aromatic nitrogens is 3. The third-order valence-electron chi connectivity index (χ3n) is 5.43. The summed E-state index contributed by atoms with van der Waals surface area (Å²) in [6.07, 6.45) is 7.17. The molecule has 32 heavy (non-hydrogen) atoms. The first-order valence-electron chi connectivity index (χ1n) is 10.4. The standard InChI is InChI=1S/C26H28N6/c1-16-9-21(13-32-25(16)23(14-29-6)17(2)28)22-10-20(12-31-18(22)3)19-7-8-30-24(11-19)26(4,5)15-27/h7-14H,28H2,1-6H3. The van der Waals surface area contributed by atoms with Crippen molar-refractivity contribution in [3.63, 3.8) is 0 Å². The van der Waals surface area contributed by atoms with Gasteiger partial charge in [0.25, 0.3) is 0 Å². The highest BCUT2D eigenvalue weighted by Crippen LogP contribution is 2.31. The lowest BCUT2D eigenvalue weighted by Gasteiger charge is -2.16. The molecule has 0 aliphatic heterocycles. The second-order valence-electron chi connectivity index (χ2n) is 8.40. The van der Waals surface area contributed by atoms with Gasteiger partial charge in [-0.15, -0.1) is 0 Å². The number of nitrogens with two attached hydrogens (primary N) is 1. The summed E-state index contributed by atoms with van der Waals surface area (Å²) in [6.45, 7) is 9.58. The van der Waals surface area contributed by atoms with Crippen molar-refractivity contribution in [3.05, 3.63) is 71.2 Å². The van der Waals surface area contributed by atoms with Crippen LogP contribution in [0.4, 0.5) is 0 Å². The number of nitriles is 1. The molecule has 0 radical (unpaired) electrons. The third-order valence-corrected chi connectivity index (χ3v) is 5.43. The minimum Gasteiger partial charge on any atom is -0.402 e. The van der Waals surface area contributed by atoms with Crippen molar-refractivity contribution in [3.8, 4) is 28.3 Å². The van der Waals surface area contributed by atoms with E-state index >= 15 is 0 Å². The lowest BCUT2D eigenvalue weighted by molar-refractivity contribution is 0.660. The molecule has 0 amide bonds. The molecule has 3 aromatic rings. The highest BCUT2D eigenvalue weighted by molar-refractivity contribution is 6.10. The van der Waals surface area contributed by atoms with E-state index in [1.807, 2.05) is 59.1 Å². The van der Waals surface area contributed by atoms with Crippen molar-refractivity contribution in [1.29, 1.82) is 5.26 Å². The molecule has 0 saturated heterocycles. The molecule has 162 valence electrons. The minimum atomic E-state index is -0.665. The van der Waals surface area contributed by atoms with Crippen molar-refractivity contribution >= 4 is 11.8 Å². The summed E-state index contributed by atoms with van der Waals surface area (Å²) in [4.78, 5) is 17.8. The maximum Gasteiger partial charge on any atom is 0.0937 e. The average Bonchev–Trinajstić information content (AvgIpc) is 2.78. The van der Waals surface area contributed by atoms with E-state index in [-0.39, 0.29) is 0 Å². The first kappa shape index (κ1) is 22.8. The Balaban J connectivity index is 2.08. The highest BCUT2D eigenvalue weighted by atomic mass is 14.7. The van der Waals surface area contributed by atoms with Crippen LogP contribution in [0.1, 0.15) is 43.4 Å². The molecule has 6 heteroatoms. The fourth-order valence-electron chi connectivity index (χ4n) is 3.48. The number of rotatable bonds is 5. The Morgan fingerprint density at radius 1 is 1.06 bits per heavy atom. The number of hydrogen-bond donors (Lipinski definition) is 1. The quantitative estimate of drug-likeness (QED) is 0.580. The van der Waals surface area contributed by atoms with Crippen molar-refractivity contribution in [2.45, 2.75) is 40.0 Å². The van der Waals surface area contributed by atoms with Crippen LogP contribution in [-0.2, 0) is 5.41 Å². The molecule has 6 nitrogen and oxygen atoms in total. The summed E-state index contributed by atoms with van der Waals surface area (Å²) in [6, 6.07) is 10.4. The largest absolute Gasteiger partial charge is 0.402 e. The predicted octanol–water partition coefficient (Wildman–Crippen LogP) is 5.01. The van der Waals surface area contributed by atoms with E-state index < -0.39 is 5.41 Å². The molecule has 0 unspecified atom stereocenters. The van der Waals surface area contributed by atoms with Gasteiger partial charge in [-0.1, -0.05) is 0 Å². The summed E-state index contributed by atoms with van der Waals surface area (Å²) in [5, 5.41) is 9.46. The molecule has 2 N–H and O–H groups in total.